The highest BCUT2D eigenvalue weighted by Gasteiger charge is 2.62. The number of fused-ring (bicyclic) bond motifs is 5. The van der Waals surface area contributed by atoms with Crippen molar-refractivity contribution < 1.29 is 0 Å². The highest BCUT2D eigenvalue weighted by atomic mass is 15.0. The minimum Gasteiger partial charge on any atom is -0.308 e. The molecule has 4 fully saturated rings. The maximum Gasteiger partial charge on any atom is 0.0541 e. The normalized spacial score (nSPS) is 37.9. The van der Waals surface area contributed by atoms with E-state index in [0.29, 0.717) is 22.9 Å². The Morgan fingerprint density at radius 2 is 1.44 bits per heavy atom. The Morgan fingerprint density at radius 3 is 2.12 bits per heavy atom. The highest BCUT2D eigenvalue weighted by Crippen LogP contribution is 2.68. The van der Waals surface area contributed by atoms with E-state index >= 15 is 0 Å². The Balaban J connectivity index is 1.20. The summed E-state index contributed by atoms with van der Waals surface area (Å²) in [5, 5.41) is 8.11. The van der Waals surface area contributed by atoms with E-state index in [2.05, 4.69) is 74.5 Å². The quantitative estimate of drug-likeness (QED) is 0.277. The average molecular weight is 585 g/mol. The van der Waals surface area contributed by atoms with Gasteiger partial charge in [0.15, 0.2) is 0 Å². The predicted octanol–water partition coefficient (Wildman–Crippen LogP) is 8.82. The van der Waals surface area contributed by atoms with Crippen molar-refractivity contribution in [2.24, 2.45) is 52.3 Å². The summed E-state index contributed by atoms with van der Waals surface area (Å²) in [6.45, 7) is 14.6. The van der Waals surface area contributed by atoms with Crippen molar-refractivity contribution in [2.75, 3.05) is 0 Å². The fourth-order valence-corrected chi connectivity index (χ4v) is 11.2. The van der Waals surface area contributed by atoms with Gasteiger partial charge in [-0.2, -0.15) is 0 Å². The van der Waals surface area contributed by atoms with E-state index in [0.717, 1.165) is 60.2 Å². The molecule has 236 valence electrons. The van der Waals surface area contributed by atoms with E-state index in [1.54, 1.807) is 0 Å². The minimum atomic E-state index is 0.472. The lowest BCUT2D eigenvalue weighted by molar-refractivity contribution is -0.132. The van der Waals surface area contributed by atoms with Gasteiger partial charge in [-0.05, 0) is 128 Å². The molecule has 2 heterocycles. The third-order valence-electron chi connectivity index (χ3n) is 13.5. The second kappa shape index (κ2) is 13.3. The molecule has 2 aromatic heterocycles. The minimum absolute atomic E-state index is 0.472. The molecular formula is C39H60N4. The van der Waals surface area contributed by atoms with Gasteiger partial charge in [0.1, 0.15) is 0 Å². The number of nitrogens with zero attached hydrogens (tertiary/aromatic N) is 2. The lowest BCUT2D eigenvalue weighted by Crippen LogP contribution is -2.62. The first kappa shape index (κ1) is 31.2. The molecule has 4 aliphatic carbocycles. The number of nitrogens with one attached hydrogen (secondary N) is 2. The zero-order valence-electron chi connectivity index (χ0n) is 27.9. The molecule has 4 saturated carbocycles. The van der Waals surface area contributed by atoms with E-state index in [-0.39, 0.29) is 0 Å². The van der Waals surface area contributed by atoms with Crippen LogP contribution in [0.3, 0.4) is 0 Å². The first-order chi connectivity index (χ1) is 20.8. The highest BCUT2D eigenvalue weighted by molar-refractivity contribution is 5.14. The van der Waals surface area contributed by atoms with E-state index in [1.807, 2.05) is 24.5 Å². The molecule has 4 nitrogen and oxygen atoms in total. The Hall–Kier alpha value is -1.78. The first-order valence-electron chi connectivity index (χ1n) is 18.0. The van der Waals surface area contributed by atoms with Crippen LogP contribution < -0.4 is 10.6 Å². The molecular weight excluding hydrogens is 524 g/mol. The summed E-state index contributed by atoms with van der Waals surface area (Å²) in [6.07, 6.45) is 19.2. The molecule has 0 bridgehead atoms. The van der Waals surface area contributed by atoms with Gasteiger partial charge in [0.25, 0.3) is 0 Å². The summed E-state index contributed by atoms with van der Waals surface area (Å²) in [5.74, 6) is 5.88. The Bertz CT molecular complexity index is 1150. The monoisotopic (exact) mass is 584 g/mol. The summed E-state index contributed by atoms with van der Waals surface area (Å²) in [6, 6.07) is 13.9. The third-order valence-corrected chi connectivity index (χ3v) is 13.5. The van der Waals surface area contributed by atoms with Gasteiger partial charge >= 0.3 is 0 Å². The molecule has 0 radical (unpaired) electrons. The van der Waals surface area contributed by atoms with Crippen LogP contribution in [0.25, 0.3) is 0 Å². The van der Waals surface area contributed by atoms with Gasteiger partial charge in [0.2, 0.25) is 0 Å². The van der Waals surface area contributed by atoms with Crippen molar-refractivity contribution in [2.45, 2.75) is 130 Å². The van der Waals surface area contributed by atoms with Crippen molar-refractivity contribution >= 4 is 0 Å². The molecule has 0 aromatic carbocycles. The van der Waals surface area contributed by atoms with Crippen LogP contribution in [0.15, 0.2) is 48.8 Å². The lowest BCUT2D eigenvalue weighted by atomic mass is 9.43. The third kappa shape index (κ3) is 6.48. The van der Waals surface area contributed by atoms with Crippen LogP contribution in [0.4, 0.5) is 0 Å². The molecule has 4 aliphatic rings. The predicted molar refractivity (Wildman–Crippen MR) is 178 cm³/mol. The topological polar surface area (TPSA) is 49.8 Å². The van der Waals surface area contributed by atoms with Gasteiger partial charge in [-0.1, -0.05) is 66.0 Å². The second-order valence-corrected chi connectivity index (χ2v) is 16.2. The van der Waals surface area contributed by atoms with Gasteiger partial charge in [0, 0.05) is 37.6 Å². The van der Waals surface area contributed by atoms with Crippen LogP contribution in [0.5, 0.6) is 0 Å². The summed E-state index contributed by atoms with van der Waals surface area (Å²) < 4.78 is 0. The second-order valence-electron chi connectivity index (χ2n) is 16.2. The number of aromatic nitrogens is 2. The van der Waals surface area contributed by atoms with Crippen LogP contribution in [0.1, 0.15) is 117 Å². The van der Waals surface area contributed by atoms with Gasteiger partial charge in [-0.25, -0.2) is 0 Å². The van der Waals surface area contributed by atoms with Gasteiger partial charge in [0.05, 0.1) is 11.4 Å². The maximum absolute atomic E-state index is 4.71. The number of hydrogen-bond donors (Lipinski definition) is 2. The molecule has 0 amide bonds. The standard InChI is InChI=1S/C39H60N4/c1-27(2)11-10-12-28(3)33-15-16-34-37-35(18-20-39(33,34)5)38(4)19-17-30(42-25-31-13-6-8-21-40-31)23-29(38)24-36(37)43-26-32-14-7-9-22-41-32/h6-9,13-14,21-22,27-30,33-37,42-43H,10-12,15-20,23-26H2,1-5H3/t28-,29-,30-,33-,34+,35+,36-,37+,38+,39-/m1/s1. The fourth-order valence-electron chi connectivity index (χ4n) is 11.2. The SMILES string of the molecule is CC(C)CCC[C@@H](C)[C@H]1CC[C@H]2[C@@H]3[C@H](NCc4ccccn4)C[C@H]4C[C@H](NCc5ccccn5)CC[C@]4(C)[C@H]3CC[C@]12C. The molecule has 0 saturated heterocycles. The average Bonchev–Trinajstić information content (AvgIpc) is 3.37. The molecule has 0 unspecified atom stereocenters. The van der Waals surface area contributed by atoms with Gasteiger partial charge < -0.3 is 10.6 Å². The number of hydrogen-bond acceptors (Lipinski definition) is 4. The van der Waals surface area contributed by atoms with Crippen LogP contribution in [-0.4, -0.2) is 22.1 Å². The number of rotatable bonds is 11. The van der Waals surface area contributed by atoms with Crippen LogP contribution in [-0.2, 0) is 13.1 Å². The maximum atomic E-state index is 4.71. The van der Waals surface area contributed by atoms with Crippen molar-refractivity contribution in [3.63, 3.8) is 0 Å². The van der Waals surface area contributed by atoms with Gasteiger partial charge in [-0.15, -0.1) is 0 Å². The van der Waals surface area contributed by atoms with Gasteiger partial charge in [-0.3, -0.25) is 9.97 Å². The largest absolute Gasteiger partial charge is 0.308 e. The van der Waals surface area contributed by atoms with Crippen LogP contribution in [0.2, 0.25) is 0 Å². The molecule has 2 aromatic rings. The molecule has 6 rings (SSSR count). The van der Waals surface area contributed by atoms with Crippen molar-refractivity contribution in [1.82, 2.24) is 20.6 Å². The summed E-state index contributed by atoms with van der Waals surface area (Å²) in [4.78, 5) is 9.28. The molecule has 43 heavy (non-hydrogen) atoms. The lowest BCUT2D eigenvalue weighted by Gasteiger charge is -2.63. The van der Waals surface area contributed by atoms with Crippen molar-refractivity contribution in [3.05, 3.63) is 60.2 Å². The summed E-state index contributed by atoms with van der Waals surface area (Å²) >= 11 is 0. The Kier molecular flexibility index (Phi) is 9.65. The first-order valence-corrected chi connectivity index (χ1v) is 18.0. The van der Waals surface area contributed by atoms with Crippen LogP contribution >= 0.6 is 0 Å². The molecule has 0 spiro atoms. The zero-order valence-corrected chi connectivity index (χ0v) is 27.9. The summed E-state index contributed by atoms with van der Waals surface area (Å²) in [7, 11) is 0. The summed E-state index contributed by atoms with van der Waals surface area (Å²) in [5.41, 5.74) is 3.33. The molecule has 2 N–H and O–H groups in total. The van der Waals surface area contributed by atoms with E-state index in [1.165, 1.54) is 76.3 Å². The fraction of sp³-hybridized carbons (Fsp3) is 0.744. The molecule has 4 heteroatoms. The number of pyridine rings is 2. The van der Waals surface area contributed by atoms with E-state index < -0.39 is 0 Å². The van der Waals surface area contributed by atoms with Crippen LogP contribution in [0, 0.1) is 52.3 Å². The van der Waals surface area contributed by atoms with Crippen molar-refractivity contribution in [1.29, 1.82) is 0 Å². The molecule has 10 atom stereocenters. The van der Waals surface area contributed by atoms with E-state index in [9.17, 15) is 0 Å². The smallest absolute Gasteiger partial charge is 0.0541 e. The Morgan fingerprint density at radius 1 is 0.767 bits per heavy atom. The zero-order chi connectivity index (χ0) is 30.0. The molecule has 0 aliphatic heterocycles. The van der Waals surface area contributed by atoms with Crippen molar-refractivity contribution in [3.8, 4) is 0 Å². The van der Waals surface area contributed by atoms with E-state index in [4.69, 9.17) is 4.98 Å². The Labute approximate surface area is 263 Å².